The summed E-state index contributed by atoms with van der Waals surface area (Å²) < 4.78 is 26.2. The Kier molecular flexibility index (Phi) is 4.40. The van der Waals surface area contributed by atoms with Crippen LogP contribution in [0.15, 0.2) is 18.2 Å². The third-order valence-electron chi connectivity index (χ3n) is 2.29. The van der Waals surface area contributed by atoms with E-state index in [0.29, 0.717) is 12.0 Å². The predicted molar refractivity (Wildman–Crippen MR) is 57.8 cm³/mol. The number of carbonyl (C=O) groups excluding carboxylic acids is 1. The van der Waals surface area contributed by atoms with Gasteiger partial charge in [0, 0.05) is 18.6 Å². The number of halogens is 2. The summed E-state index contributed by atoms with van der Waals surface area (Å²) in [6, 6.07) is 3.02. The summed E-state index contributed by atoms with van der Waals surface area (Å²) in [5.41, 5.74) is 0.332. The molecule has 1 aromatic rings. The van der Waals surface area contributed by atoms with E-state index < -0.39 is 11.6 Å². The van der Waals surface area contributed by atoms with Crippen molar-refractivity contribution in [3.8, 4) is 0 Å². The molecule has 0 bridgehead atoms. The van der Waals surface area contributed by atoms with Gasteiger partial charge >= 0.3 is 0 Å². The van der Waals surface area contributed by atoms with Crippen LogP contribution in [0.2, 0.25) is 0 Å². The molecule has 1 rings (SSSR count). The van der Waals surface area contributed by atoms with Gasteiger partial charge in [0.05, 0.1) is 6.04 Å². The summed E-state index contributed by atoms with van der Waals surface area (Å²) in [5, 5.41) is 2.66. The number of amides is 1. The van der Waals surface area contributed by atoms with Crippen LogP contribution in [0.4, 0.5) is 8.78 Å². The summed E-state index contributed by atoms with van der Waals surface area (Å²) >= 11 is 0. The maximum Gasteiger partial charge on any atom is 0.217 e. The first-order valence-corrected chi connectivity index (χ1v) is 5.26. The molecule has 0 saturated carbocycles. The molecule has 1 amide bonds. The van der Waals surface area contributed by atoms with Crippen molar-refractivity contribution in [1.29, 1.82) is 0 Å². The summed E-state index contributed by atoms with van der Waals surface area (Å²) in [6.07, 6.45) is 1.43. The minimum absolute atomic E-state index is 0.220. The first-order chi connectivity index (χ1) is 7.54. The zero-order valence-corrected chi connectivity index (χ0v) is 9.39. The number of hydrogen-bond donors (Lipinski definition) is 1. The maximum atomic E-state index is 13.5. The highest BCUT2D eigenvalue weighted by Crippen LogP contribution is 2.22. The standard InChI is InChI=1S/C12H15F2NO/c1-3-4-12(15-8(2)16)10-6-5-9(13)7-11(10)14/h5-7,12H,3-4H2,1-2H3,(H,15,16)/t12-/m1/s1. The lowest BCUT2D eigenvalue weighted by molar-refractivity contribution is -0.119. The Morgan fingerprint density at radius 2 is 2.12 bits per heavy atom. The van der Waals surface area contributed by atoms with Crippen molar-refractivity contribution in [2.75, 3.05) is 0 Å². The molecule has 0 heterocycles. The Balaban J connectivity index is 2.95. The first-order valence-electron chi connectivity index (χ1n) is 5.26. The minimum Gasteiger partial charge on any atom is -0.349 e. The van der Waals surface area contributed by atoms with Gasteiger partial charge in [-0.05, 0) is 12.5 Å². The molecule has 0 aliphatic rings. The van der Waals surface area contributed by atoms with E-state index in [1.165, 1.54) is 19.1 Å². The van der Waals surface area contributed by atoms with Crippen LogP contribution in [0.25, 0.3) is 0 Å². The third kappa shape index (κ3) is 3.29. The van der Waals surface area contributed by atoms with Crippen molar-refractivity contribution in [1.82, 2.24) is 5.32 Å². The predicted octanol–water partition coefficient (Wildman–Crippen LogP) is 2.94. The molecule has 1 aromatic carbocycles. The van der Waals surface area contributed by atoms with E-state index in [2.05, 4.69) is 5.32 Å². The fourth-order valence-corrected chi connectivity index (χ4v) is 1.62. The van der Waals surface area contributed by atoms with Crippen molar-refractivity contribution in [2.45, 2.75) is 32.7 Å². The van der Waals surface area contributed by atoms with Gasteiger partial charge in [-0.3, -0.25) is 4.79 Å². The number of benzene rings is 1. The third-order valence-corrected chi connectivity index (χ3v) is 2.29. The second-order valence-electron chi connectivity index (χ2n) is 3.71. The van der Waals surface area contributed by atoms with Crippen LogP contribution in [0.3, 0.4) is 0 Å². The molecular weight excluding hydrogens is 212 g/mol. The fourth-order valence-electron chi connectivity index (χ4n) is 1.62. The van der Waals surface area contributed by atoms with Crippen molar-refractivity contribution in [3.05, 3.63) is 35.4 Å². The van der Waals surface area contributed by atoms with E-state index in [9.17, 15) is 13.6 Å². The molecule has 16 heavy (non-hydrogen) atoms. The van der Waals surface area contributed by atoms with Crippen LogP contribution in [0, 0.1) is 11.6 Å². The number of rotatable bonds is 4. The Labute approximate surface area is 93.7 Å². The second kappa shape index (κ2) is 5.58. The summed E-state index contributed by atoms with van der Waals surface area (Å²) in [6.45, 7) is 3.32. The summed E-state index contributed by atoms with van der Waals surface area (Å²) in [4.78, 5) is 11.0. The van der Waals surface area contributed by atoms with Crippen molar-refractivity contribution >= 4 is 5.91 Å². The molecule has 4 heteroatoms. The molecule has 0 saturated heterocycles. The molecule has 0 aromatic heterocycles. The van der Waals surface area contributed by atoms with Gasteiger partial charge in [0.15, 0.2) is 0 Å². The summed E-state index contributed by atoms with van der Waals surface area (Å²) in [5.74, 6) is -1.45. The number of nitrogens with one attached hydrogen (secondary N) is 1. The lowest BCUT2D eigenvalue weighted by Gasteiger charge is -2.18. The molecule has 0 spiro atoms. The largest absolute Gasteiger partial charge is 0.349 e. The molecule has 2 nitrogen and oxygen atoms in total. The van der Waals surface area contributed by atoms with Crippen LogP contribution in [-0.4, -0.2) is 5.91 Å². The Morgan fingerprint density at radius 1 is 1.44 bits per heavy atom. The van der Waals surface area contributed by atoms with Gasteiger partial charge in [-0.15, -0.1) is 0 Å². The maximum absolute atomic E-state index is 13.5. The van der Waals surface area contributed by atoms with Crippen LogP contribution in [0.5, 0.6) is 0 Å². The second-order valence-corrected chi connectivity index (χ2v) is 3.71. The Hall–Kier alpha value is -1.45. The van der Waals surface area contributed by atoms with Crippen LogP contribution in [0.1, 0.15) is 38.3 Å². The van der Waals surface area contributed by atoms with Crippen molar-refractivity contribution in [2.24, 2.45) is 0 Å². The summed E-state index contributed by atoms with van der Waals surface area (Å²) in [7, 11) is 0. The van der Waals surface area contributed by atoms with Crippen LogP contribution < -0.4 is 5.32 Å². The Bertz CT molecular complexity index is 379. The smallest absolute Gasteiger partial charge is 0.217 e. The lowest BCUT2D eigenvalue weighted by atomic mass is 10.0. The zero-order chi connectivity index (χ0) is 12.1. The highest BCUT2D eigenvalue weighted by atomic mass is 19.1. The van der Waals surface area contributed by atoms with E-state index in [4.69, 9.17) is 0 Å². The Morgan fingerprint density at radius 3 is 2.62 bits per heavy atom. The van der Waals surface area contributed by atoms with Gasteiger partial charge in [0.25, 0.3) is 0 Å². The van der Waals surface area contributed by atoms with Gasteiger partial charge in [0.1, 0.15) is 11.6 Å². The molecule has 1 N–H and O–H groups in total. The minimum atomic E-state index is -0.618. The molecule has 0 aliphatic heterocycles. The van der Waals surface area contributed by atoms with Gasteiger partial charge in [-0.1, -0.05) is 19.4 Å². The monoisotopic (exact) mass is 227 g/mol. The van der Waals surface area contributed by atoms with E-state index in [1.54, 1.807) is 0 Å². The SMILES string of the molecule is CCC[C@@H](NC(C)=O)c1ccc(F)cc1F. The highest BCUT2D eigenvalue weighted by Gasteiger charge is 2.16. The number of hydrogen-bond acceptors (Lipinski definition) is 1. The molecule has 0 fully saturated rings. The average Bonchev–Trinajstić information content (AvgIpc) is 2.16. The molecule has 0 unspecified atom stereocenters. The van der Waals surface area contributed by atoms with E-state index >= 15 is 0 Å². The fraction of sp³-hybridized carbons (Fsp3) is 0.417. The molecule has 0 radical (unpaired) electrons. The van der Waals surface area contributed by atoms with Crippen molar-refractivity contribution < 1.29 is 13.6 Å². The molecular formula is C12H15F2NO. The quantitative estimate of drug-likeness (QED) is 0.841. The topological polar surface area (TPSA) is 29.1 Å². The zero-order valence-electron chi connectivity index (χ0n) is 9.39. The molecule has 88 valence electrons. The average molecular weight is 227 g/mol. The molecule has 0 aliphatic carbocycles. The van der Waals surface area contributed by atoms with E-state index in [-0.39, 0.29) is 11.9 Å². The van der Waals surface area contributed by atoms with Crippen molar-refractivity contribution in [3.63, 3.8) is 0 Å². The normalized spacial score (nSPS) is 12.2. The lowest BCUT2D eigenvalue weighted by Crippen LogP contribution is -2.26. The van der Waals surface area contributed by atoms with Gasteiger partial charge in [0.2, 0.25) is 5.91 Å². The van der Waals surface area contributed by atoms with Gasteiger partial charge in [-0.2, -0.15) is 0 Å². The van der Waals surface area contributed by atoms with E-state index in [1.807, 2.05) is 6.92 Å². The van der Waals surface area contributed by atoms with Gasteiger partial charge < -0.3 is 5.32 Å². The van der Waals surface area contributed by atoms with E-state index in [0.717, 1.165) is 12.5 Å². The van der Waals surface area contributed by atoms with Crippen LogP contribution in [-0.2, 0) is 4.79 Å². The van der Waals surface area contributed by atoms with Gasteiger partial charge in [-0.25, -0.2) is 8.78 Å². The highest BCUT2D eigenvalue weighted by molar-refractivity contribution is 5.73. The number of carbonyl (C=O) groups is 1. The van der Waals surface area contributed by atoms with Crippen LogP contribution >= 0.6 is 0 Å². The molecule has 1 atom stereocenters. The first kappa shape index (κ1) is 12.6.